The fraction of sp³-hybridized carbons (Fsp3) is 0. The highest BCUT2D eigenvalue weighted by atomic mass is 35.5. The lowest BCUT2D eigenvalue weighted by atomic mass is 9.99. The van der Waals surface area contributed by atoms with Gasteiger partial charge < -0.3 is 0 Å². The van der Waals surface area contributed by atoms with Crippen LogP contribution in [0.3, 0.4) is 0 Å². The molecule has 0 amide bonds. The molecule has 2 N–H and O–H groups in total. The fourth-order valence-corrected chi connectivity index (χ4v) is 4.34. The first-order chi connectivity index (χ1) is 13.9. The van der Waals surface area contributed by atoms with Crippen LogP contribution >= 0.6 is 23.2 Å². The summed E-state index contributed by atoms with van der Waals surface area (Å²) in [6, 6.07) is 12.5. The molecular weight excluding hydrogens is 475 g/mol. The summed E-state index contributed by atoms with van der Waals surface area (Å²) in [5.74, 6) is -0.610. The van der Waals surface area contributed by atoms with Gasteiger partial charge in [-0.15, -0.1) is 0 Å². The second kappa shape index (κ2) is 8.10. The van der Waals surface area contributed by atoms with Crippen molar-refractivity contribution in [1.82, 2.24) is 0 Å². The summed E-state index contributed by atoms with van der Waals surface area (Å²) in [7, 11) is -9.19. The number of halogens is 2. The van der Waals surface area contributed by atoms with Crippen molar-refractivity contribution in [3.8, 4) is 11.1 Å². The van der Waals surface area contributed by atoms with Crippen molar-refractivity contribution in [1.29, 1.82) is 0 Å². The third kappa shape index (κ3) is 4.72. The third-order valence-corrected chi connectivity index (χ3v) is 6.48. The van der Waals surface area contributed by atoms with Gasteiger partial charge in [-0.25, -0.2) is 0 Å². The van der Waals surface area contributed by atoms with Crippen LogP contribution in [0.5, 0.6) is 0 Å². The highest BCUT2D eigenvalue weighted by Crippen LogP contribution is 2.31. The predicted molar refractivity (Wildman–Crippen MR) is 111 cm³/mol. The summed E-state index contributed by atoms with van der Waals surface area (Å²) in [6.45, 7) is 0. The molecule has 3 rings (SSSR count). The maximum atomic E-state index is 12.8. The second-order valence-electron chi connectivity index (χ2n) is 6.14. The number of ketones is 1. The molecule has 0 bridgehead atoms. The molecule has 30 heavy (non-hydrogen) atoms. The van der Waals surface area contributed by atoms with E-state index < -0.39 is 30.9 Å². The van der Waals surface area contributed by atoms with Crippen molar-refractivity contribution in [2.24, 2.45) is 0 Å². The molecule has 0 radical (unpaired) electrons. The molecule has 0 saturated carbocycles. The number of rotatable bonds is 5. The van der Waals surface area contributed by atoms with E-state index in [-0.39, 0.29) is 37.2 Å². The Morgan fingerprint density at radius 2 is 1.40 bits per heavy atom. The van der Waals surface area contributed by atoms with Crippen molar-refractivity contribution < 1.29 is 30.7 Å². The quantitative estimate of drug-likeness (QED) is 0.404. The fourth-order valence-electron chi connectivity index (χ4n) is 2.75. The standard InChI is InChI=1S/C19H12Cl2O7S2/c20-13-4-8-17(21)16(10-13)19(22)12-3-7-15(18(9-12)30(26,27)28)11-1-5-14(6-2-11)29(23,24)25/h1-10H,(H,23,24,25)(H,26,27,28). The molecule has 0 aliphatic heterocycles. The van der Waals surface area contributed by atoms with Crippen molar-refractivity contribution in [2.75, 3.05) is 0 Å². The average Bonchev–Trinajstić information content (AvgIpc) is 2.67. The number of carbonyl (C=O) groups is 1. The topological polar surface area (TPSA) is 126 Å². The van der Waals surface area contributed by atoms with Gasteiger partial charge in [0.2, 0.25) is 0 Å². The Hall–Kier alpha value is -2.27. The van der Waals surface area contributed by atoms with Crippen molar-refractivity contribution >= 4 is 49.2 Å². The summed E-state index contributed by atoms with van der Waals surface area (Å²) in [5.41, 5.74) is 0.240. The Morgan fingerprint density at radius 1 is 0.767 bits per heavy atom. The van der Waals surface area contributed by atoms with E-state index in [9.17, 15) is 26.2 Å². The van der Waals surface area contributed by atoms with Gasteiger partial charge in [-0.3, -0.25) is 13.9 Å². The van der Waals surface area contributed by atoms with Crippen LogP contribution in [-0.4, -0.2) is 31.7 Å². The van der Waals surface area contributed by atoms with E-state index in [0.717, 1.165) is 18.2 Å². The minimum absolute atomic E-state index is 0.0214. The SMILES string of the molecule is O=C(c1ccc(-c2ccc(S(=O)(=O)O)cc2)c(S(=O)(=O)O)c1)c1cc(Cl)ccc1Cl. The molecule has 0 aliphatic rings. The van der Waals surface area contributed by atoms with E-state index in [1.165, 1.54) is 42.5 Å². The van der Waals surface area contributed by atoms with Crippen molar-refractivity contribution in [3.05, 3.63) is 81.8 Å². The van der Waals surface area contributed by atoms with Gasteiger partial charge in [0.25, 0.3) is 20.2 Å². The molecule has 0 heterocycles. The normalized spacial score (nSPS) is 12.0. The summed E-state index contributed by atoms with van der Waals surface area (Å²) >= 11 is 11.9. The van der Waals surface area contributed by atoms with Crippen LogP contribution in [0, 0.1) is 0 Å². The minimum Gasteiger partial charge on any atom is -0.289 e. The highest BCUT2D eigenvalue weighted by Gasteiger charge is 2.22. The summed E-state index contributed by atoms with van der Waals surface area (Å²) in [5, 5.41) is 0.371. The molecule has 0 saturated heterocycles. The zero-order valence-electron chi connectivity index (χ0n) is 14.8. The smallest absolute Gasteiger partial charge is 0.289 e. The zero-order chi connectivity index (χ0) is 22.3. The Bertz CT molecular complexity index is 1360. The van der Waals surface area contributed by atoms with E-state index in [1.807, 2.05) is 0 Å². The first-order valence-electron chi connectivity index (χ1n) is 8.07. The van der Waals surface area contributed by atoms with E-state index in [0.29, 0.717) is 0 Å². The van der Waals surface area contributed by atoms with Gasteiger partial charge >= 0.3 is 0 Å². The molecule has 0 atom stereocenters. The molecule has 156 valence electrons. The molecular formula is C19H12Cl2O7S2. The Morgan fingerprint density at radius 3 is 1.97 bits per heavy atom. The molecule has 0 aromatic heterocycles. The Balaban J connectivity index is 2.14. The Kier molecular flexibility index (Phi) is 6.06. The van der Waals surface area contributed by atoms with Crippen molar-refractivity contribution in [3.63, 3.8) is 0 Å². The first-order valence-corrected chi connectivity index (χ1v) is 11.7. The lowest BCUT2D eigenvalue weighted by molar-refractivity contribution is 0.103. The molecule has 11 heteroatoms. The Labute approximate surface area is 182 Å². The van der Waals surface area contributed by atoms with Crippen LogP contribution in [0.4, 0.5) is 0 Å². The van der Waals surface area contributed by atoms with Gasteiger partial charge in [0, 0.05) is 21.7 Å². The third-order valence-electron chi connectivity index (χ3n) is 4.16. The molecule has 3 aromatic carbocycles. The molecule has 3 aromatic rings. The van der Waals surface area contributed by atoms with Crippen LogP contribution < -0.4 is 0 Å². The van der Waals surface area contributed by atoms with Crippen molar-refractivity contribution in [2.45, 2.75) is 9.79 Å². The van der Waals surface area contributed by atoms with Crippen LogP contribution in [-0.2, 0) is 20.2 Å². The van der Waals surface area contributed by atoms with Crippen LogP contribution in [0.1, 0.15) is 15.9 Å². The number of hydrogen-bond donors (Lipinski definition) is 2. The largest absolute Gasteiger partial charge is 0.295 e. The van der Waals surface area contributed by atoms with Gasteiger partial charge in [0.05, 0.1) is 9.92 Å². The van der Waals surface area contributed by atoms with E-state index in [2.05, 4.69) is 0 Å². The highest BCUT2D eigenvalue weighted by molar-refractivity contribution is 7.86. The minimum atomic E-state index is -4.76. The second-order valence-corrected chi connectivity index (χ2v) is 9.79. The van der Waals surface area contributed by atoms with Crippen LogP contribution in [0.25, 0.3) is 11.1 Å². The predicted octanol–water partition coefficient (Wildman–Crippen LogP) is 4.38. The maximum absolute atomic E-state index is 12.8. The lowest BCUT2D eigenvalue weighted by Crippen LogP contribution is -2.07. The molecule has 0 aliphatic carbocycles. The van der Waals surface area contributed by atoms with Gasteiger partial charge in [-0.1, -0.05) is 47.5 Å². The van der Waals surface area contributed by atoms with Gasteiger partial charge in [-0.05, 0) is 42.0 Å². The summed E-state index contributed by atoms with van der Waals surface area (Å²) in [4.78, 5) is 11.8. The average molecular weight is 487 g/mol. The molecule has 0 unspecified atom stereocenters. The van der Waals surface area contributed by atoms with E-state index >= 15 is 0 Å². The first kappa shape index (κ1) is 22.4. The van der Waals surface area contributed by atoms with E-state index in [4.69, 9.17) is 27.8 Å². The molecule has 7 nitrogen and oxygen atoms in total. The van der Waals surface area contributed by atoms with Gasteiger partial charge in [-0.2, -0.15) is 16.8 Å². The molecule has 0 spiro atoms. The van der Waals surface area contributed by atoms with E-state index in [1.54, 1.807) is 0 Å². The number of hydrogen-bond acceptors (Lipinski definition) is 5. The monoisotopic (exact) mass is 486 g/mol. The van der Waals surface area contributed by atoms with Gasteiger partial charge in [0.1, 0.15) is 4.90 Å². The summed E-state index contributed by atoms with van der Waals surface area (Å²) < 4.78 is 65.0. The maximum Gasteiger partial charge on any atom is 0.295 e. The number of carbonyl (C=O) groups excluding carboxylic acids is 1. The van der Waals surface area contributed by atoms with Crippen LogP contribution in [0.15, 0.2) is 70.5 Å². The summed E-state index contributed by atoms with van der Waals surface area (Å²) in [6.07, 6.45) is 0. The number of benzene rings is 3. The zero-order valence-corrected chi connectivity index (χ0v) is 17.9. The lowest BCUT2D eigenvalue weighted by Gasteiger charge is -2.11. The van der Waals surface area contributed by atoms with Crippen LogP contribution in [0.2, 0.25) is 10.0 Å². The van der Waals surface area contributed by atoms with Gasteiger partial charge in [0.15, 0.2) is 5.78 Å². The molecule has 0 fully saturated rings.